The number of hydrogen-bond donors (Lipinski definition) is 0. The molecule has 0 spiro atoms. The average molecular weight is 224 g/mol. The van der Waals surface area contributed by atoms with Crippen molar-refractivity contribution in [2.24, 2.45) is 0 Å². The summed E-state index contributed by atoms with van der Waals surface area (Å²) in [6, 6.07) is 3.83. The third-order valence-corrected chi connectivity index (χ3v) is 3.12. The van der Waals surface area contributed by atoms with Crippen LogP contribution < -0.4 is 4.90 Å². The molecule has 0 radical (unpaired) electrons. The number of rotatable bonds is 0. The SMILES string of the molecule is O=C1OCc2cc(Cl)cc3c2N1CCC3. The summed E-state index contributed by atoms with van der Waals surface area (Å²) in [6.07, 6.45) is 1.74. The monoisotopic (exact) mass is 223 g/mol. The van der Waals surface area contributed by atoms with E-state index >= 15 is 0 Å². The summed E-state index contributed by atoms with van der Waals surface area (Å²) < 4.78 is 5.08. The summed E-state index contributed by atoms with van der Waals surface area (Å²) in [7, 11) is 0. The first-order valence-electron chi connectivity index (χ1n) is 5.01. The Morgan fingerprint density at radius 1 is 1.33 bits per heavy atom. The molecule has 3 rings (SSSR count). The van der Waals surface area contributed by atoms with E-state index in [1.807, 2.05) is 12.1 Å². The van der Waals surface area contributed by atoms with Gasteiger partial charge in [-0.15, -0.1) is 0 Å². The molecule has 2 aliphatic rings. The van der Waals surface area contributed by atoms with Crippen LogP contribution in [0.3, 0.4) is 0 Å². The Balaban J connectivity index is 2.22. The van der Waals surface area contributed by atoms with Crippen molar-refractivity contribution >= 4 is 23.4 Å². The van der Waals surface area contributed by atoms with Crippen molar-refractivity contribution in [3.8, 4) is 0 Å². The maximum atomic E-state index is 11.5. The highest BCUT2D eigenvalue weighted by atomic mass is 35.5. The lowest BCUT2D eigenvalue weighted by Gasteiger charge is -2.34. The minimum Gasteiger partial charge on any atom is -0.444 e. The molecule has 0 aliphatic carbocycles. The molecule has 0 saturated heterocycles. The van der Waals surface area contributed by atoms with Crippen LogP contribution in [0.15, 0.2) is 12.1 Å². The molecule has 4 heteroatoms. The average Bonchev–Trinajstić information content (AvgIpc) is 2.23. The summed E-state index contributed by atoms with van der Waals surface area (Å²) in [6.45, 7) is 1.10. The number of hydrogen-bond acceptors (Lipinski definition) is 2. The second-order valence-corrected chi connectivity index (χ2v) is 4.32. The lowest BCUT2D eigenvalue weighted by atomic mass is 9.97. The molecule has 1 amide bonds. The molecule has 0 bridgehead atoms. The van der Waals surface area contributed by atoms with Gasteiger partial charge in [0.05, 0.1) is 5.69 Å². The van der Waals surface area contributed by atoms with Crippen LogP contribution >= 0.6 is 11.6 Å². The van der Waals surface area contributed by atoms with Gasteiger partial charge in [-0.25, -0.2) is 4.79 Å². The molecule has 0 fully saturated rings. The molecular formula is C11H10ClNO2. The summed E-state index contributed by atoms with van der Waals surface area (Å²) in [5.74, 6) is 0. The smallest absolute Gasteiger partial charge is 0.414 e. The fourth-order valence-electron chi connectivity index (χ4n) is 2.30. The van der Waals surface area contributed by atoms with Crippen molar-refractivity contribution in [1.82, 2.24) is 0 Å². The van der Waals surface area contributed by atoms with Crippen molar-refractivity contribution in [2.45, 2.75) is 19.4 Å². The molecule has 2 heterocycles. The molecule has 0 atom stereocenters. The fourth-order valence-corrected chi connectivity index (χ4v) is 2.57. The number of aryl methyl sites for hydroxylation is 1. The lowest BCUT2D eigenvalue weighted by Crippen LogP contribution is -2.39. The van der Waals surface area contributed by atoms with E-state index in [0.717, 1.165) is 35.7 Å². The van der Waals surface area contributed by atoms with Gasteiger partial charge in [0.1, 0.15) is 6.61 Å². The maximum Gasteiger partial charge on any atom is 0.414 e. The van der Waals surface area contributed by atoms with Crippen LogP contribution in [-0.4, -0.2) is 12.6 Å². The van der Waals surface area contributed by atoms with Crippen LogP contribution in [0.1, 0.15) is 17.5 Å². The quantitative estimate of drug-likeness (QED) is 0.677. The van der Waals surface area contributed by atoms with E-state index in [2.05, 4.69) is 0 Å². The van der Waals surface area contributed by atoms with Crippen molar-refractivity contribution < 1.29 is 9.53 Å². The van der Waals surface area contributed by atoms with Crippen LogP contribution in [0.4, 0.5) is 10.5 Å². The van der Waals surface area contributed by atoms with Crippen LogP contribution in [0.5, 0.6) is 0 Å². The van der Waals surface area contributed by atoms with Gasteiger partial charge >= 0.3 is 6.09 Å². The Labute approximate surface area is 92.6 Å². The second-order valence-electron chi connectivity index (χ2n) is 3.88. The Bertz CT molecular complexity index is 427. The third kappa shape index (κ3) is 1.30. The Kier molecular flexibility index (Phi) is 1.89. The molecule has 15 heavy (non-hydrogen) atoms. The second kappa shape index (κ2) is 3.14. The van der Waals surface area contributed by atoms with Crippen molar-refractivity contribution in [2.75, 3.05) is 11.4 Å². The zero-order chi connectivity index (χ0) is 10.4. The number of halogens is 1. The highest BCUT2D eigenvalue weighted by Crippen LogP contribution is 2.37. The number of cyclic esters (lactones) is 1. The summed E-state index contributed by atoms with van der Waals surface area (Å²) in [4.78, 5) is 13.2. The maximum absolute atomic E-state index is 11.5. The van der Waals surface area contributed by atoms with Gasteiger partial charge in [-0.1, -0.05) is 11.6 Å². The molecule has 3 nitrogen and oxygen atoms in total. The standard InChI is InChI=1S/C11H10ClNO2/c12-9-4-7-2-1-3-13-10(7)8(5-9)6-15-11(13)14/h4-5H,1-3,6H2. The first-order chi connectivity index (χ1) is 7.25. The van der Waals surface area contributed by atoms with E-state index in [4.69, 9.17) is 16.3 Å². The molecule has 0 N–H and O–H groups in total. The molecule has 1 aromatic rings. The van der Waals surface area contributed by atoms with Crippen LogP contribution in [-0.2, 0) is 17.8 Å². The minimum absolute atomic E-state index is 0.231. The van der Waals surface area contributed by atoms with Crippen molar-refractivity contribution in [1.29, 1.82) is 0 Å². The Hall–Kier alpha value is -1.22. The molecule has 2 aliphatic heterocycles. The molecule has 0 aromatic heterocycles. The summed E-state index contributed by atoms with van der Waals surface area (Å²) in [5, 5.41) is 0.726. The van der Waals surface area contributed by atoms with E-state index in [-0.39, 0.29) is 6.09 Å². The first-order valence-corrected chi connectivity index (χ1v) is 5.39. The van der Waals surface area contributed by atoms with E-state index in [1.165, 1.54) is 5.56 Å². The van der Waals surface area contributed by atoms with E-state index in [1.54, 1.807) is 4.90 Å². The summed E-state index contributed by atoms with van der Waals surface area (Å²) in [5.41, 5.74) is 3.22. The number of nitrogens with zero attached hydrogens (tertiary/aromatic N) is 1. The van der Waals surface area contributed by atoms with Gasteiger partial charge < -0.3 is 4.74 Å². The molecule has 1 aromatic carbocycles. The van der Waals surface area contributed by atoms with Gasteiger partial charge in [-0.2, -0.15) is 0 Å². The number of benzene rings is 1. The Morgan fingerprint density at radius 2 is 2.13 bits per heavy atom. The number of amides is 1. The van der Waals surface area contributed by atoms with Gasteiger partial charge in [0, 0.05) is 17.1 Å². The predicted octanol–water partition coefficient (Wildman–Crippen LogP) is 2.74. The Morgan fingerprint density at radius 3 is 3.00 bits per heavy atom. The minimum atomic E-state index is -0.231. The molecule has 78 valence electrons. The highest BCUT2D eigenvalue weighted by Gasteiger charge is 2.30. The molecule has 0 unspecified atom stereocenters. The van der Waals surface area contributed by atoms with Crippen molar-refractivity contribution in [3.05, 3.63) is 28.3 Å². The van der Waals surface area contributed by atoms with Gasteiger partial charge in [-0.05, 0) is 30.5 Å². The fraction of sp³-hybridized carbons (Fsp3) is 0.364. The third-order valence-electron chi connectivity index (χ3n) is 2.90. The normalized spacial score (nSPS) is 18.5. The van der Waals surface area contributed by atoms with Crippen LogP contribution in [0, 0.1) is 0 Å². The van der Waals surface area contributed by atoms with E-state index < -0.39 is 0 Å². The zero-order valence-corrected chi connectivity index (χ0v) is 8.88. The van der Waals surface area contributed by atoms with Gasteiger partial charge in [-0.3, -0.25) is 4.90 Å². The summed E-state index contributed by atoms with van der Waals surface area (Å²) >= 11 is 6.01. The lowest BCUT2D eigenvalue weighted by molar-refractivity contribution is 0.141. The molecule has 0 saturated carbocycles. The molecular weight excluding hydrogens is 214 g/mol. The first kappa shape index (κ1) is 9.04. The number of ether oxygens (including phenoxy) is 1. The van der Waals surface area contributed by atoms with Gasteiger partial charge in [0.25, 0.3) is 0 Å². The van der Waals surface area contributed by atoms with Crippen LogP contribution in [0.2, 0.25) is 5.02 Å². The number of anilines is 1. The topological polar surface area (TPSA) is 29.5 Å². The van der Waals surface area contributed by atoms with Crippen molar-refractivity contribution in [3.63, 3.8) is 0 Å². The zero-order valence-electron chi connectivity index (χ0n) is 8.12. The van der Waals surface area contributed by atoms with Crippen LogP contribution in [0.25, 0.3) is 0 Å². The highest BCUT2D eigenvalue weighted by molar-refractivity contribution is 6.30. The van der Waals surface area contributed by atoms with Gasteiger partial charge in [0.15, 0.2) is 0 Å². The van der Waals surface area contributed by atoms with E-state index in [0.29, 0.717) is 6.61 Å². The predicted molar refractivity (Wildman–Crippen MR) is 57.3 cm³/mol. The van der Waals surface area contributed by atoms with E-state index in [9.17, 15) is 4.79 Å². The van der Waals surface area contributed by atoms with Gasteiger partial charge in [0.2, 0.25) is 0 Å². The number of carbonyl (C=O) groups is 1. The number of carbonyl (C=O) groups excluding carboxylic acids is 1. The largest absolute Gasteiger partial charge is 0.444 e.